The molecule has 0 fully saturated rings. The van der Waals surface area contributed by atoms with Gasteiger partial charge in [-0.2, -0.15) is 0 Å². The Hall–Kier alpha value is -1.54. The number of phosphoric acid groups is 1. The molecule has 0 heterocycles. The van der Waals surface area contributed by atoms with Gasteiger partial charge in [-0.1, -0.05) is 236 Å². The first-order valence-corrected chi connectivity index (χ1v) is 29.0. The number of rotatable bonds is 50. The van der Waals surface area contributed by atoms with Crippen LogP contribution in [0, 0.1) is 0 Å². The van der Waals surface area contributed by atoms with E-state index in [1.54, 1.807) is 6.08 Å². The first-order chi connectivity index (χ1) is 31.5. The number of nitrogens with one attached hydrogen (secondary N) is 1. The fraction of sp³-hybridized carbons (Fsp3) is 0.839. The highest BCUT2D eigenvalue weighted by molar-refractivity contribution is 7.45. The summed E-state index contributed by atoms with van der Waals surface area (Å²) in [6.07, 6.45) is 62.4. The molecule has 0 bridgehead atoms. The molecular weight excluding hydrogens is 828 g/mol. The number of aliphatic hydroxyl groups is 1. The van der Waals surface area contributed by atoms with Gasteiger partial charge in [0.05, 0.1) is 39.9 Å². The number of carbonyl (C=O) groups excluding carboxylic acids is 1. The first kappa shape index (κ1) is 63.5. The lowest BCUT2D eigenvalue weighted by Crippen LogP contribution is -2.45. The maximum absolute atomic E-state index is 12.9. The van der Waals surface area contributed by atoms with Gasteiger partial charge in [-0.15, -0.1) is 0 Å². The van der Waals surface area contributed by atoms with Gasteiger partial charge >= 0.3 is 0 Å². The number of quaternary nitrogens is 1. The summed E-state index contributed by atoms with van der Waals surface area (Å²) < 4.78 is 23.1. The zero-order valence-electron chi connectivity index (χ0n) is 43.4. The van der Waals surface area contributed by atoms with Crippen molar-refractivity contribution in [2.24, 2.45) is 0 Å². The van der Waals surface area contributed by atoms with E-state index in [0.29, 0.717) is 17.4 Å². The minimum atomic E-state index is -4.59. The van der Waals surface area contributed by atoms with Crippen LogP contribution in [0.1, 0.15) is 251 Å². The number of likely N-dealkylation sites (N-methyl/N-ethyl adjacent to an activating group) is 1. The average molecular weight is 935 g/mol. The lowest BCUT2D eigenvalue weighted by Gasteiger charge is -2.29. The molecule has 0 aromatic carbocycles. The van der Waals surface area contributed by atoms with E-state index >= 15 is 0 Å². The van der Waals surface area contributed by atoms with Gasteiger partial charge in [0.15, 0.2) is 0 Å². The van der Waals surface area contributed by atoms with Crippen LogP contribution in [-0.2, 0) is 18.4 Å². The van der Waals surface area contributed by atoms with Crippen LogP contribution in [-0.4, -0.2) is 68.5 Å². The molecule has 2 N–H and O–H groups in total. The molecule has 0 radical (unpaired) electrons. The molecule has 0 aliphatic heterocycles. The fourth-order valence-corrected chi connectivity index (χ4v) is 8.62. The number of allylic oxidation sites excluding steroid dienone is 7. The number of unbranched alkanes of at least 4 members (excludes halogenated alkanes) is 31. The standard InChI is InChI=1S/C56H107N2O6P/c1-6-8-10-12-14-16-17-18-19-20-21-22-23-24-25-26-27-28-29-30-31-32-33-34-35-36-37-38-39-40-41-42-44-46-48-50-56(60)57-54(53-64-65(61,62)63-52-51-58(3,4)5)55(59)49-47-45-43-15-13-11-9-7-2/h13,15,17-18,20-21,47,49,54-55,59H,6-12,14,16,19,22-46,48,50-53H2,1-5H3,(H-,57,60,61,62)/b15-13+,18-17-,21-20-,49-47+. The number of aliphatic hydroxyl groups excluding tert-OH is 1. The first-order valence-electron chi connectivity index (χ1n) is 27.5. The van der Waals surface area contributed by atoms with E-state index in [1.165, 1.54) is 186 Å². The van der Waals surface area contributed by atoms with Crippen molar-refractivity contribution in [2.45, 2.75) is 264 Å². The molecule has 1 amide bonds. The molecule has 3 atom stereocenters. The molecular formula is C56H107N2O6P. The molecule has 0 aliphatic rings. The van der Waals surface area contributed by atoms with E-state index in [0.717, 1.165) is 44.9 Å². The second kappa shape index (κ2) is 47.5. The van der Waals surface area contributed by atoms with Crippen molar-refractivity contribution < 1.29 is 32.9 Å². The molecule has 3 unspecified atom stereocenters. The Morgan fingerprint density at radius 2 is 0.923 bits per heavy atom. The Labute approximate surface area is 403 Å². The van der Waals surface area contributed by atoms with Gasteiger partial charge < -0.3 is 28.8 Å². The molecule has 0 rings (SSSR count). The molecule has 8 nitrogen and oxygen atoms in total. The summed E-state index contributed by atoms with van der Waals surface area (Å²) in [5, 5.41) is 13.7. The Morgan fingerprint density at radius 1 is 0.538 bits per heavy atom. The van der Waals surface area contributed by atoms with Gasteiger partial charge in [-0.05, 0) is 57.8 Å². The van der Waals surface area contributed by atoms with E-state index in [4.69, 9.17) is 9.05 Å². The normalized spacial score (nSPS) is 14.4. The molecule has 9 heteroatoms. The van der Waals surface area contributed by atoms with Crippen LogP contribution in [0.2, 0.25) is 0 Å². The summed E-state index contributed by atoms with van der Waals surface area (Å²) >= 11 is 0. The van der Waals surface area contributed by atoms with Gasteiger partial charge in [0.25, 0.3) is 7.82 Å². The lowest BCUT2D eigenvalue weighted by atomic mass is 10.0. The molecule has 382 valence electrons. The molecule has 65 heavy (non-hydrogen) atoms. The van der Waals surface area contributed by atoms with Crippen molar-refractivity contribution in [3.8, 4) is 0 Å². The summed E-state index contributed by atoms with van der Waals surface area (Å²) in [5.41, 5.74) is 0. The number of hydrogen-bond acceptors (Lipinski definition) is 6. The van der Waals surface area contributed by atoms with Gasteiger partial charge in [-0.3, -0.25) is 9.36 Å². The van der Waals surface area contributed by atoms with E-state index in [9.17, 15) is 19.4 Å². The highest BCUT2D eigenvalue weighted by Crippen LogP contribution is 2.38. The van der Waals surface area contributed by atoms with E-state index in [-0.39, 0.29) is 12.5 Å². The Kier molecular flexibility index (Phi) is 46.4. The topological polar surface area (TPSA) is 108 Å². The predicted molar refractivity (Wildman–Crippen MR) is 279 cm³/mol. The van der Waals surface area contributed by atoms with Crippen LogP contribution < -0.4 is 10.2 Å². The summed E-state index contributed by atoms with van der Waals surface area (Å²) in [5.74, 6) is -0.208. The van der Waals surface area contributed by atoms with Crippen molar-refractivity contribution in [3.05, 3.63) is 48.6 Å². The van der Waals surface area contributed by atoms with E-state index in [1.807, 2.05) is 27.2 Å². The summed E-state index contributed by atoms with van der Waals surface area (Å²) in [4.78, 5) is 25.3. The molecule has 0 aromatic rings. The third-order valence-corrected chi connectivity index (χ3v) is 13.2. The third-order valence-electron chi connectivity index (χ3n) is 12.3. The summed E-state index contributed by atoms with van der Waals surface area (Å²) in [7, 11) is 1.24. The average Bonchev–Trinajstić information content (AvgIpc) is 3.26. The lowest BCUT2D eigenvalue weighted by molar-refractivity contribution is -0.870. The number of amides is 1. The summed E-state index contributed by atoms with van der Waals surface area (Å²) in [6, 6.07) is -0.899. The maximum atomic E-state index is 12.9. The highest BCUT2D eigenvalue weighted by Gasteiger charge is 2.23. The predicted octanol–water partition coefficient (Wildman–Crippen LogP) is 15.7. The van der Waals surface area contributed by atoms with E-state index in [2.05, 4.69) is 55.6 Å². The Bertz CT molecular complexity index is 1200. The minimum absolute atomic E-state index is 0.00623. The number of hydrogen-bond donors (Lipinski definition) is 2. The van der Waals surface area contributed by atoms with Crippen LogP contribution in [0.25, 0.3) is 0 Å². The molecule has 0 saturated heterocycles. The van der Waals surface area contributed by atoms with Crippen LogP contribution in [0.5, 0.6) is 0 Å². The second-order valence-corrected chi connectivity index (χ2v) is 21.3. The van der Waals surface area contributed by atoms with Gasteiger partial charge in [0, 0.05) is 6.42 Å². The van der Waals surface area contributed by atoms with Gasteiger partial charge in [-0.25, -0.2) is 0 Å². The Balaban J connectivity index is 3.85. The quantitative estimate of drug-likeness (QED) is 0.0272. The third kappa shape index (κ3) is 50.2. The van der Waals surface area contributed by atoms with Crippen LogP contribution >= 0.6 is 7.82 Å². The highest BCUT2D eigenvalue weighted by atomic mass is 31.2. The molecule has 0 spiro atoms. The SMILES string of the molecule is CCCC/C=C/CC/C=C/C(O)C(COP(=O)([O-])OCC[N+](C)(C)C)NC(=O)CCCCCCCCCCCCCCCCCCCCCCCCC/C=C\C/C=C\CCCCCCC. The van der Waals surface area contributed by atoms with Gasteiger partial charge in [0.2, 0.25) is 5.91 Å². The molecule has 0 aromatic heterocycles. The zero-order chi connectivity index (χ0) is 47.8. The maximum Gasteiger partial charge on any atom is 0.268 e. The smallest absolute Gasteiger partial charge is 0.268 e. The van der Waals surface area contributed by atoms with Crippen molar-refractivity contribution >= 4 is 13.7 Å². The minimum Gasteiger partial charge on any atom is -0.756 e. The zero-order valence-corrected chi connectivity index (χ0v) is 44.3. The molecule has 0 saturated carbocycles. The van der Waals surface area contributed by atoms with E-state index < -0.39 is 26.6 Å². The largest absolute Gasteiger partial charge is 0.756 e. The van der Waals surface area contributed by atoms with Crippen LogP contribution in [0.3, 0.4) is 0 Å². The van der Waals surface area contributed by atoms with Crippen molar-refractivity contribution in [3.63, 3.8) is 0 Å². The second-order valence-electron chi connectivity index (χ2n) is 19.9. The van der Waals surface area contributed by atoms with Crippen molar-refractivity contribution in [1.29, 1.82) is 0 Å². The number of phosphoric ester groups is 1. The summed E-state index contributed by atoms with van der Waals surface area (Å²) in [6.45, 7) is 4.55. The van der Waals surface area contributed by atoms with Gasteiger partial charge in [0.1, 0.15) is 13.2 Å². The fourth-order valence-electron chi connectivity index (χ4n) is 7.89. The monoisotopic (exact) mass is 935 g/mol. The number of nitrogens with zero attached hydrogens (tertiary/aromatic N) is 1. The molecule has 0 aliphatic carbocycles. The van der Waals surface area contributed by atoms with Crippen LogP contribution in [0.4, 0.5) is 0 Å². The number of carbonyl (C=O) groups is 1. The Morgan fingerprint density at radius 3 is 1.38 bits per heavy atom. The van der Waals surface area contributed by atoms with Crippen molar-refractivity contribution in [2.75, 3.05) is 40.9 Å². The van der Waals surface area contributed by atoms with Crippen molar-refractivity contribution in [1.82, 2.24) is 5.32 Å². The van der Waals surface area contributed by atoms with Crippen LogP contribution in [0.15, 0.2) is 48.6 Å².